The molecular formula is C20H14N6O. The average molecular weight is 354 g/mol. The number of nitrogens with zero attached hydrogens (tertiary/aromatic N) is 5. The first kappa shape index (κ1) is 16.4. The first-order valence-electron chi connectivity index (χ1n) is 8.24. The van der Waals surface area contributed by atoms with Gasteiger partial charge in [0.05, 0.1) is 0 Å². The number of hydrogen-bond acceptors (Lipinski definition) is 6. The van der Waals surface area contributed by atoms with E-state index in [1.54, 1.807) is 18.5 Å². The SMILES string of the molecule is N#Cc1n[nH]nc1-c1cccc(OCc2ccc(-c3ncccn3)cc2)c1. The predicted octanol–water partition coefficient (Wildman–Crippen LogP) is 3.38. The van der Waals surface area contributed by atoms with Crippen LogP contribution in [0.5, 0.6) is 5.75 Å². The molecule has 27 heavy (non-hydrogen) atoms. The number of aromatic nitrogens is 5. The Balaban J connectivity index is 1.46. The van der Waals surface area contributed by atoms with Gasteiger partial charge in [0.15, 0.2) is 11.5 Å². The van der Waals surface area contributed by atoms with E-state index in [2.05, 4.69) is 25.4 Å². The van der Waals surface area contributed by atoms with Crippen LogP contribution in [0.15, 0.2) is 67.0 Å². The Morgan fingerprint density at radius 3 is 2.52 bits per heavy atom. The topological polar surface area (TPSA) is 100 Å². The first-order chi connectivity index (χ1) is 13.3. The molecule has 130 valence electrons. The fourth-order valence-corrected chi connectivity index (χ4v) is 2.61. The smallest absolute Gasteiger partial charge is 0.190 e. The molecule has 0 atom stereocenters. The lowest BCUT2D eigenvalue weighted by Crippen LogP contribution is -1.96. The van der Waals surface area contributed by atoms with Gasteiger partial charge in [-0.05, 0) is 23.8 Å². The summed E-state index contributed by atoms with van der Waals surface area (Å²) in [6.45, 7) is 0.420. The molecule has 1 N–H and O–H groups in total. The molecule has 0 saturated carbocycles. The highest BCUT2D eigenvalue weighted by Gasteiger charge is 2.10. The lowest BCUT2D eigenvalue weighted by atomic mass is 10.1. The molecule has 2 aromatic carbocycles. The van der Waals surface area contributed by atoms with Crippen LogP contribution in [-0.2, 0) is 6.61 Å². The summed E-state index contributed by atoms with van der Waals surface area (Å²) in [6.07, 6.45) is 3.44. The standard InChI is InChI=1S/C20H14N6O/c21-12-18-19(25-26-24-18)16-3-1-4-17(11-16)27-13-14-5-7-15(8-6-14)20-22-9-2-10-23-20/h1-11H,13H2,(H,24,25,26). The molecule has 0 aliphatic heterocycles. The lowest BCUT2D eigenvalue weighted by Gasteiger charge is -2.08. The Bertz CT molecular complexity index is 1080. The summed E-state index contributed by atoms with van der Waals surface area (Å²) in [4.78, 5) is 8.48. The Morgan fingerprint density at radius 2 is 1.74 bits per heavy atom. The van der Waals surface area contributed by atoms with Gasteiger partial charge in [-0.3, -0.25) is 0 Å². The van der Waals surface area contributed by atoms with Gasteiger partial charge in [-0.15, -0.1) is 5.10 Å². The number of H-pyrrole nitrogens is 1. The maximum absolute atomic E-state index is 9.08. The van der Waals surface area contributed by atoms with E-state index >= 15 is 0 Å². The second kappa shape index (κ2) is 7.45. The summed E-state index contributed by atoms with van der Waals surface area (Å²) in [5, 5.41) is 19.4. The molecule has 0 bridgehead atoms. The minimum absolute atomic E-state index is 0.255. The van der Waals surface area contributed by atoms with Crippen LogP contribution in [0.2, 0.25) is 0 Å². The predicted molar refractivity (Wildman–Crippen MR) is 98.3 cm³/mol. The second-order valence-electron chi connectivity index (χ2n) is 5.72. The number of ether oxygens (including phenoxy) is 1. The van der Waals surface area contributed by atoms with E-state index in [4.69, 9.17) is 10.00 Å². The molecule has 2 heterocycles. The van der Waals surface area contributed by atoms with Crippen LogP contribution in [-0.4, -0.2) is 25.4 Å². The number of nitrogens with one attached hydrogen (secondary N) is 1. The van der Waals surface area contributed by atoms with Crippen molar-refractivity contribution in [3.05, 3.63) is 78.2 Å². The van der Waals surface area contributed by atoms with Crippen molar-refractivity contribution in [3.63, 3.8) is 0 Å². The molecule has 0 amide bonds. The van der Waals surface area contributed by atoms with Gasteiger partial charge in [-0.25, -0.2) is 9.97 Å². The Morgan fingerprint density at radius 1 is 0.926 bits per heavy atom. The van der Waals surface area contributed by atoms with Crippen molar-refractivity contribution in [1.82, 2.24) is 25.4 Å². The van der Waals surface area contributed by atoms with Gasteiger partial charge in [0.1, 0.15) is 24.1 Å². The zero-order valence-electron chi connectivity index (χ0n) is 14.2. The molecule has 0 aliphatic rings. The third kappa shape index (κ3) is 3.65. The summed E-state index contributed by atoms with van der Waals surface area (Å²) in [6, 6.07) is 19.1. The molecule has 0 saturated heterocycles. The summed E-state index contributed by atoms with van der Waals surface area (Å²) in [7, 11) is 0. The number of benzene rings is 2. The molecule has 0 radical (unpaired) electrons. The number of hydrogen-bond donors (Lipinski definition) is 1. The van der Waals surface area contributed by atoms with Crippen LogP contribution >= 0.6 is 0 Å². The third-order valence-corrected chi connectivity index (χ3v) is 3.94. The number of nitriles is 1. The summed E-state index contributed by atoms with van der Waals surface area (Å²) >= 11 is 0. The normalized spacial score (nSPS) is 10.3. The van der Waals surface area contributed by atoms with Crippen LogP contribution < -0.4 is 4.74 Å². The van der Waals surface area contributed by atoms with E-state index in [1.807, 2.05) is 54.6 Å². The zero-order valence-corrected chi connectivity index (χ0v) is 14.2. The van der Waals surface area contributed by atoms with Gasteiger partial charge in [0, 0.05) is 23.5 Å². The minimum Gasteiger partial charge on any atom is -0.489 e. The minimum atomic E-state index is 0.255. The van der Waals surface area contributed by atoms with E-state index in [-0.39, 0.29) is 5.69 Å². The summed E-state index contributed by atoms with van der Waals surface area (Å²) in [5.41, 5.74) is 3.52. The van der Waals surface area contributed by atoms with Crippen molar-refractivity contribution >= 4 is 0 Å². The zero-order chi connectivity index (χ0) is 18.5. The van der Waals surface area contributed by atoms with E-state index in [1.165, 1.54) is 0 Å². The van der Waals surface area contributed by atoms with E-state index in [0.717, 1.165) is 16.7 Å². The molecule has 0 aliphatic carbocycles. The van der Waals surface area contributed by atoms with Crippen molar-refractivity contribution in [2.75, 3.05) is 0 Å². The third-order valence-electron chi connectivity index (χ3n) is 3.94. The molecule has 2 aromatic heterocycles. The lowest BCUT2D eigenvalue weighted by molar-refractivity contribution is 0.306. The second-order valence-corrected chi connectivity index (χ2v) is 5.72. The number of rotatable bonds is 5. The Labute approximate surface area is 155 Å². The Hall–Kier alpha value is -4.05. The van der Waals surface area contributed by atoms with E-state index in [9.17, 15) is 0 Å². The highest BCUT2D eigenvalue weighted by atomic mass is 16.5. The van der Waals surface area contributed by atoms with Crippen molar-refractivity contribution in [3.8, 4) is 34.5 Å². The average Bonchev–Trinajstić information content (AvgIpc) is 3.22. The molecule has 0 fully saturated rings. The van der Waals surface area contributed by atoms with E-state index < -0.39 is 0 Å². The van der Waals surface area contributed by atoms with Crippen LogP contribution in [0.3, 0.4) is 0 Å². The maximum Gasteiger partial charge on any atom is 0.190 e. The van der Waals surface area contributed by atoms with Crippen LogP contribution in [0.1, 0.15) is 11.3 Å². The largest absolute Gasteiger partial charge is 0.489 e. The molecule has 4 aromatic rings. The number of aromatic amines is 1. The van der Waals surface area contributed by atoms with Gasteiger partial charge in [0.25, 0.3) is 0 Å². The van der Waals surface area contributed by atoms with Gasteiger partial charge in [-0.1, -0.05) is 36.4 Å². The maximum atomic E-state index is 9.08. The van der Waals surface area contributed by atoms with E-state index in [0.29, 0.717) is 23.9 Å². The van der Waals surface area contributed by atoms with Gasteiger partial charge < -0.3 is 4.74 Å². The van der Waals surface area contributed by atoms with Crippen molar-refractivity contribution < 1.29 is 4.74 Å². The molecule has 0 unspecified atom stereocenters. The first-order valence-corrected chi connectivity index (χ1v) is 8.24. The van der Waals surface area contributed by atoms with Crippen LogP contribution in [0, 0.1) is 11.3 Å². The van der Waals surface area contributed by atoms with Crippen molar-refractivity contribution in [1.29, 1.82) is 5.26 Å². The highest BCUT2D eigenvalue weighted by Crippen LogP contribution is 2.24. The van der Waals surface area contributed by atoms with Crippen molar-refractivity contribution in [2.45, 2.75) is 6.61 Å². The van der Waals surface area contributed by atoms with Gasteiger partial charge in [-0.2, -0.15) is 15.6 Å². The quantitative estimate of drug-likeness (QED) is 0.590. The molecule has 0 spiro atoms. The van der Waals surface area contributed by atoms with Crippen molar-refractivity contribution in [2.24, 2.45) is 0 Å². The summed E-state index contributed by atoms with van der Waals surface area (Å²) < 4.78 is 5.88. The van der Waals surface area contributed by atoms with Crippen LogP contribution in [0.25, 0.3) is 22.6 Å². The monoisotopic (exact) mass is 354 g/mol. The fourth-order valence-electron chi connectivity index (χ4n) is 2.61. The van der Waals surface area contributed by atoms with Gasteiger partial charge >= 0.3 is 0 Å². The Kier molecular flexibility index (Phi) is 4.53. The highest BCUT2D eigenvalue weighted by molar-refractivity contribution is 5.65. The van der Waals surface area contributed by atoms with Crippen LogP contribution in [0.4, 0.5) is 0 Å². The molecule has 4 rings (SSSR count). The molecule has 7 nitrogen and oxygen atoms in total. The summed E-state index contributed by atoms with van der Waals surface area (Å²) in [5.74, 6) is 1.38. The fraction of sp³-hybridized carbons (Fsp3) is 0.0500. The van der Waals surface area contributed by atoms with Gasteiger partial charge in [0.2, 0.25) is 0 Å². The molecular weight excluding hydrogens is 340 g/mol. The molecule has 7 heteroatoms.